The number of hydrogen-bond donors (Lipinski definition) is 3. The van der Waals surface area contributed by atoms with Gasteiger partial charge < -0.3 is 16.6 Å². The molecular formula is C6H16N2O. The highest BCUT2D eigenvalue weighted by molar-refractivity contribution is 4.73. The molecule has 0 aliphatic carbocycles. The predicted molar refractivity (Wildman–Crippen MR) is 37.9 cm³/mol. The Morgan fingerprint density at radius 2 is 1.89 bits per heavy atom. The van der Waals surface area contributed by atoms with Crippen LogP contribution in [0.15, 0.2) is 0 Å². The normalized spacial score (nSPS) is 17.3. The van der Waals surface area contributed by atoms with Crippen molar-refractivity contribution in [3.63, 3.8) is 0 Å². The lowest BCUT2D eigenvalue weighted by atomic mass is 10.1. The lowest BCUT2D eigenvalue weighted by Gasteiger charge is -2.15. The van der Waals surface area contributed by atoms with E-state index in [0.717, 1.165) is 12.8 Å². The van der Waals surface area contributed by atoms with Crippen LogP contribution in [0.3, 0.4) is 0 Å². The number of nitrogens with two attached hydrogens (primary N) is 2. The lowest BCUT2D eigenvalue weighted by molar-refractivity contribution is 0.245. The fourth-order valence-corrected chi connectivity index (χ4v) is 0.683. The summed E-state index contributed by atoms with van der Waals surface area (Å²) in [5.74, 6) is 0. The Morgan fingerprint density at radius 3 is 2.22 bits per heavy atom. The van der Waals surface area contributed by atoms with E-state index in [-0.39, 0.29) is 18.7 Å². The maximum absolute atomic E-state index is 8.53. The molecule has 0 aliphatic heterocycles. The fraction of sp³-hybridized carbons (Fsp3) is 1.00. The van der Waals surface area contributed by atoms with Crippen molar-refractivity contribution in [1.29, 1.82) is 0 Å². The average Bonchev–Trinajstić information content (AvgIpc) is 1.87. The van der Waals surface area contributed by atoms with Crippen molar-refractivity contribution in [3.8, 4) is 0 Å². The minimum atomic E-state index is -0.245. The predicted octanol–water partition coefficient (Wildman–Crippen LogP) is -0.567. The SMILES string of the molecule is CCCC(N)C(N)CO. The van der Waals surface area contributed by atoms with Gasteiger partial charge in [0.15, 0.2) is 0 Å². The molecule has 2 unspecified atom stereocenters. The van der Waals surface area contributed by atoms with Gasteiger partial charge in [-0.2, -0.15) is 0 Å². The Bertz CT molecular complexity index is 68.1. The van der Waals surface area contributed by atoms with E-state index in [1.165, 1.54) is 0 Å². The molecule has 3 nitrogen and oxygen atoms in total. The largest absolute Gasteiger partial charge is 0.395 e. The average molecular weight is 132 g/mol. The van der Waals surface area contributed by atoms with E-state index < -0.39 is 0 Å². The molecule has 0 saturated carbocycles. The van der Waals surface area contributed by atoms with E-state index in [1.807, 2.05) is 6.92 Å². The van der Waals surface area contributed by atoms with E-state index in [4.69, 9.17) is 16.6 Å². The minimum absolute atomic E-state index is 0.0127. The Kier molecular flexibility index (Phi) is 4.67. The monoisotopic (exact) mass is 132 g/mol. The first-order chi connectivity index (χ1) is 4.22. The molecule has 0 heterocycles. The second-order valence-corrected chi connectivity index (χ2v) is 2.30. The molecule has 0 amide bonds. The molecule has 0 bridgehead atoms. The number of aliphatic hydroxyl groups excluding tert-OH is 1. The summed E-state index contributed by atoms with van der Waals surface area (Å²) in [6.07, 6.45) is 1.91. The molecule has 0 spiro atoms. The first-order valence-electron chi connectivity index (χ1n) is 3.34. The molecule has 0 aromatic heterocycles. The van der Waals surface area contributed by atoms with E-state index in [2.05, 4.69) is 0 Å². The van der Waals surface area contributed by atoms with Gasteiger partial charge in [0.05, 0.1) is 6.61 Å². The molecule has 0 radical (unpaired) electrons. The van der Waals surface area contributed by atoms with Crippen molar-refractivity contribution in [1.82, 2.24) is 0 Å². The van der Waals surface area contributed by atoms with Crippen LogP contribution in [0.4, 0.5) is 0 Å². The quantitative estimate of drug-likeness (QED) is 0.480. The van der Waals surface area contributed by atoms with E-state index in [0.29, 0.717) is 0 Å². The summed E-state index contributed by atoms with van der Waals surface area (Å²) in [5, 5.41) is 8.53. The first-order valence-corrected chi connectivity index (χ1v) is 3.34. The highest BCUT2D eigenvalue weighted by Crippen LogP contribution is 1.95. The molecule has 9 heavy (non-hydrogen) atoms. The van der Waals surface area contributed by atoms with Crippen LogP contribution < -0.4 is 11.5 Å². The van der Waals surface area contributed by atoms with Gasteiger partial charge in [0, 0.05) is 12.1 Å². The van der Waals surface area contributed by atoms with Crippen molar-refractivity contribution in [3.05, 3.63) is 0 Å². The highest BCUT2D eigenvalue weighted by Gasteiger charge is 2.09. The van der Waals surface area contributed by atoms with Crippen molar-refractivity contribution in [2.24, 2.45) is 11.5 Å². The highest BCUT2D eigenvalue weighted by atomic mass is 16.3. The standard InChI is InChI=1S/C6H16N2O/c1-2-3-5(7)6(8)4-9/h5-6,9H,2-4,7-8H2,1H3. The van der Waals surface area contributed by atoms with Crippen molar-refractivity contribution in [2.75, 3.05) is 6.61 Å². The summed E-state index contributed by atoms with van der Waals surface area (Å²) in [7, 11) is 0. The Balaban J connectivity index is 3.32. The third kappa shape index (κ3) is 3.46. The summed E-state index contributed by atoms with van der Waals surface area (Å²) in [5.41, 5.74) is 11.0. The van der Waals surface area contributed by atoms with Crippen LogP contribution in [0.25, 0.3) is 0 Å². The number of aliphatic hydroxyl groups is 1. The summed E-state index contributed by atoms with van der Waals surface area (Å²) >= 11 is 0. The first kappa shape index (κ1) is 8.88. The molecule has 5 N–H and O–H groups in total. The number of hydrogen-bond acceptors (Lipinski definition) is 3. The number of rotatable bonds is 4. The van der Waals surface area contributed by atoms with Gasteiger partial charge in [0.2, 0.25) is 0 Å². The Labute approximate surface area is 56.0 Å². The lowest BCUT2D eigenvalue weighted by Crippen LogP contribution is -2.43. The summed E-state index contributed by atoms with van der Waals surface area (Å²) in [6.45, 7) is 2.03. The molecule has 3 heteroatoms. The van der Waals surface area contributed by atoms with Crippen LogP contribution in [0.1, 0.15) is 19.8 Å². The van der Waals surface area contributed by atoms with E-state index in [9.17, 15) is 0 Å². The van der Waals surface area contributed by atoms with Crippen molar-refractivity contribution >= 4 is 0 Å². The molecule has 2 atom stereocenters. The molecule has 0 aromatic carbocycles. The van der Waals surface area contributed by atoms with Gasteiger partial charge in [0.1, 0.15) is 0 Å². The van der Waals surface area contributed by atoms with Crippen LogP contribution in [0.2, 0.25) is 0 Å². The molecule has 0 aliphatic rings. The summed E-state index contributed by atoms with van der Waals surface area (Å²) in [4.78, 5) is 0. The second kappa shape index (κ2) is 4.73. The fourth-order valence-electron chi connectivity index (χ4n) is 0.683. The Hall–Kier alpha value is -0.120. The smallest absolute Gasteiger partial charge is 0.0597 e. The molecule has 0 saturated heterocycles. The maximum atomic E-state index is 8.53. The third-order valence-electron chi connectivity index (χ3n) is 1.38. The minimum Gasteiger partial charge on any atom is -0.395 e. The maximum Gasteiger partial charge on any atom is 0.0597 e. The topological polar surface area (TPSA) is 72.3 Å². The third-order valence-corrected chi connectivity index (χ3v) is 1.38. The van der Waals surface area contributed by atoms with Gasteiger partial charge in [-0.1, -0.05) is 13.3 Å². The van der Waals surface area contributed by atoms with Crippen LogP contribution in [-0.2, 0) is 0 Å². The zero-order valence-corrected chi connectivity index (χ0v) is 5.88. The zero-order chi connectivity index (χ0) is 7.28. The molecular weight excluding hydrogens is 116 g/mol. The summed E-state index contributed by atoms with van der Waals surface area (Å²) < 4.78 is 0. The molecule has 0 aromatic rings. The van der Waals surface area contributed by atoms with Crippen LogP contribution in [-0.4, -0.2) is 23.8 Å². The van der Waals surface area contributed by atoms with Crippen LogP contribution >= 0.6 is 0 Å². The van der Waals surface area contributed by atoms with E-state index in [1.54, 1.807) is 0 Å². The molecule has 0 fully saturated rings. The molecule has 0 rings (SSSR count). The zero-order valence-electron chi connectivity index (χ0n) is 5.88. The van der Waals surface area contributed by atoms with Crippen LogP contribution in [0.5, 0.6) is 0 Å². The van der Waals surface area contributed by atoms with Crippen LogP contribution in [0, 0.1) is 0 Å². The second-order valence-electron chi connectivity index (χ2n) is 2.30. The summed E-state index contributed by atoms with van der Waals surface area (Å²) in [6, 6.07) is -0.287. The van der Waals surface area contributed by atoms with E-state index >= 15 is 0 Å². The van der Waals surface area contributed by atoms with Crippen molar-refractivity contribution in [2.45, 2.75) is 31.8 Å². The Morgan fingerprint density at radius 1 is 1.33 bits per heavy atom. The van der Waals surface area contributed by atoms with Gasteiger partial charge in [-0.25, -0.2) is 0 Å². The van der Waals surface area contributed by atoms with Gasteiger partial charge in [-0.05, 0) is 6.42 Å². The van der Waals surface area contributed by atoms with Crippen molar-refractivity contribution < 1.29 is 5.11 Å². The van der Waals surface area contributed by atoms with Gasteiger partial charge in [-0.15, -0.1) is 0 Å². The van der Waals surface area contributed by atoms with Gasteiger partial charge >= 0.3 is 0 Å². The molecule has 56 valence electrons. The van der Waals surface area contributed by atoms with Gasteiger partial charge in [-0.3, -0.25) is 0 Å². The van der Waals surface area contributed by atoms with Gasteiger partial charge in [0.25, 0.3) is 0 Å².